The van der Waals surface area contributed by atoms with Crippen LogP contribution in [0.2, 0.25) is 0 Å². The summed E-state index contributed by atoms with van der Waals surface area (Å²) in [6.45, 7) is 2.90. The van der Waals surface area contributed by atoms with Gasteiger partial charge in [0.1, 0.15) is 0 Å². The zero-order valence-electron chi connectivity index (χ0n) is 10.1. The number of thiazole rings is 1. The van der Waals surface area contributed by atoms with E-state index in [0.29, 0.717) is 10.2 Å². The monoisotopic (exact) mass is 269 g/mol. The van der Waals surface area contributed by atoms with Crippen molar-refractivity contribution in [3.63, 3.8) is 0 Å². The lowest BCUT2D eigenvalue weighted by molar-refractivity contribution is -0.114. The molecule has 1 saturated heterocycles. The molecule has 6 nitrogen and oxygen atoms in total. The number of hydrogen-bond donors (Lipinski definition) is 1. The third-order valence-corrected chi connectivity index (χ3v) is 3.36. The Balaban J connectivity index is 1.90. The van der Waals surface area contributed by atoms with E-state index in [9.17, 15) is 9.59 Å². The molecule has 0 saturated carbocycles. The number of carbonyl (C=O) groups excluding carboxylic acids is 2. The highest BCUT2D eigenvalue weighted by atomic mass is 32.1. The number of aromatic nitrogens is 1. The van der Waals surface area contributed by atoms with Crippen LogP contribution in [0.3, 0.4) is 0 Å². The van der Waals surface area contributed by atoms with Crippen LogP contribution in [0.4, 0.5) is 9.93 Å². The van der Waals surface area contributed by atoms with Gasteiger partial charge >= 0.3 is 6.09 Å². The topological polar surface area (TPSA) is 71.5 Å². The van der Waals surface area contributed by atoms with Gasteiger partial charge < -0.3 is 15.0 Å². The van der Waals surface area contributed by atoms with Crippen LogP contribution in [0, 0.1) is 0 Å². The SMILES string of the molecule is CC(=O)Nc1ncc(OC(=O)N2CCCCC2)s1. The lowest BCUT2D eigenvalue weighted by Crippen LogP contribution is -2.37. The molecular weight excluding hydrogens is 254 g/mol. The summed E-state index contributed by atoms with van der Waals surface area (Å²) in [7, 11) is 0. The highest BCUT2D eigenvalue weighted by Crippen LogP contribution is 2.26. The van der Waals surface area contributed by atoms with Crippen molar-refractivity contribution in [3.8, 4) is 5.06 Å². The van der Waals surface area contributed by atoms with Gasteiger partial charge in [0.25, 0.3) is 0 Å². The van der Waals surface area contributed by atoms with Crippen LogP contribution >= 0.6 is 11.3 Å². The standard InChI is InChI=1S/C11H15N3O3S/c1-8(15)13-10-12-7-9(18-10)17-11(16)14-5-3-2-4-6-14/h7H,2-6H2,1H3,(H,12,13,15). The Morgan fingerprint density at radius 1 is 1.39 bits per heavy atom. The van der Waals surface area contributed by atoms with E-state index in [2.05, 4.69) is 10.3 Å². The molecule has 0 aromatic carbocycles. The van der Waals surface area contributed by atoms with Gasteiger partial charge in [0.05, 0.1) is 6.20 Å². The van der Waals surface area contributed by atoms with Crippen LogP contribution in [0.15, 0.2) is 6.20 Å². The van der Waals surface area contributed by atoms with E-state index in [4.69, 9.17) is 4.74 Å². The number of likely N-dealkylation sites (tertiary alicyclic amines) is 1. The fourth-order valence-electron chi connectivity index (χ4n) is 1.74. The molecule has 2 amide bonds. The maximum absolute atomic E-state index is 11.8. The Morgan fingerprint density at radius 3 is 2.78 bits per heavy atom. The molecule has 0 radical (unpaired) electrons. The van der Waals surface area contributed by atoms with Crippen LogP contribution in [-0.4, -0.2) is 35.0 Å². The maximum Gasteiger partial charge on any atom is 0.416 e. The molecule has 1 fully saturated rings. The third kappa shape index (κ3) is 3.43. The lowest BCUT2D eigenvalue weighted by atomic mass is 10.1. The molecule has 1 N–H and O–H groups in total. The lowest BCUT2D eigenvalue weighted by Gasteiger charge is -2.25. The van der Waals surface area contributed by atoms with E-state index >= 15 is 0 Å². The van der Waals surface area contributed by atoms with Gasteiger partial charge in [-0.3, -0.25) is 4.79 Å². The molecule has 1 aromatic heterocycles. The van der Waals surface area contributed by atoms with Gasteiger partial charge in [-0.15, -0.1) is 0 Å². The zero-order valence-corrected chi connectivity index (χ0v) is 11.0. The second-order valence-electron chi connectivity index (χ2n) is 4.08. The van der Waals surface area contributed by atoms with Crippen molar-refractivity contribution in [2.45, 2.75) is 26.2 Å². The Bertz CT molecular complexity index is 440. The minimum atomic E-state index is -0.340. The molecule has 2 rings (SSSR count). The Kier molecular flexibility index (Phi) is 4.14. The number of piperidine rings is 1. The number of hydrogen-bond acceptors (Lipinski definition) is 5. The Morgan fingerprint density at radius 2 is 2.11 bits per heavy atom. The van der Waals surface area contributed by atoms with Gasteiger partial charge in [0, 0.05) is 20.0 Å². The van der Waals surface area contributed by atoms with Gasteiger partial charge in [-0.1, -0.05) is 11.3 Å². The third-order valence-electron chi connectivity index (χ3n) is 2.57. The molecule has 1 aromatic rings. The molecular formula is C11H15N3O3S. The quantitative estimate of drug-likeness (QED) is 0.892. The van der Waals surface area contributed by atoms with Crippen molar-refractivity contribution in [1.29, 1.82) is 0 Å². The molecule has 18 heavy (non-hydrogen) atoms. The number of carbonyl (C=O) groups is 2. The summed E-state index contributed by atoms with van der Waals surface area (Å²) in [5.74, 6) is -0.196. The number of ether oxygens (including phenoxy) is 1. The summed E-state index contributed by atoms with van der Waals surface area (Å²) in [5, 5.41) is 3.37. The second-order valence-corrected chi connectivity index (χ2v) is 5.07. The Hall–Kier alpha value is -1.63. The molecule has 98 valence electrons. The minimum absolute atomic E-state index is 0.196. The van der Waals surface area contributed by atoms with Crippen LogP contribution in [0.5, 0.6) is 5.06 Å². The second kappa shape index (κ2) is 5.81. The van der Waals surface area contributed by atoms with E-state index in [0.717, 1.165) is 43.7 Å². The fraction of sp³-hybridized carbons (Fsp3) is 0.545. The highest BCUT2D eigenvalue weighted by Gasteiger charge is 2.19. The first-order chi connectivity index (χ1) is 8.65. The molecule has 1 aliphatic heterocycles. The molecule has 2 heterocycles. The van der Waals surface area contributed by atoms with Gasteiger partial charge in [-0.2, -0.15) is 0 Å². The van der Waals surface area contributed by atoms with Gasteiger partial charge in [0.2, 0.25) is 11.0 Å². The van der Waals surface area contributed by atoms with E-state index in [-0.39, 0.29) is 12.0 Å². The summed E-state index contributed by atoms with van der Waals surface area (Å²) in [5.41, 5.74) is 0. The number of amides is 2. The average Bonchev–Trinajstić information content (AvgIpc) is 2.76. The molecule has 7 heteroatoms. The first kappa shape index (κ1) is 12.8. The number of nitrogens with zero attached hydrogens (tertiary/aromatic N) is 2. The molecule has 0 bridgehead atoms. The van der Waals surface area contributed by atoms with Crippen molar-refractivity contribution >= 4 is 28.5 Å². The van der Waals surface area contributed by atoms with E-state index in [1.54, 1.807) is 4.90 Å². The normalized spacial score (nSPS) is 15.3. The highest BCUT2D eigenvalue weighted by molar-refractivity contribution is 7.17. The van der Waals surface area contributed by atoms with Crippen LogP contribution in [0.1, 0.15) is 26.2 Å². The summed E-state index contributed by atoms with van der Waals surface area (Å²) >= 11 is 1.14. The first-order valence-corrected chi connectivity index (χ1v) is 6.67. The summed E-state index contributed by atoms with van der Waals surface area (Å²) in [6, 6.07) is 0. The molecule has 1 aliphatic rings. The average molecular weight is 269 g/mol. The molecule has 0 aliphatic carbocycles. The number of nitrogens with one attached hydrogen (secondary N) is 1. The minimum Gasteiger partial charge on any atom is -0.397 e. The zero-order chi connectivity index (χ0) is 13.0. The molecule has 0 spiro atoms. The van der Waals surface area contributed by atoms with Gasteiger partial charge in [0.15, 0.2) is 5.13 Å². The molecule has 0 unspecified atom stereocenters. The summed E-state index contributed by atoms with van der Waals surface area (Å²) in [6.07, 6.45) is 4.31. The first-order valence-electron chi connectivity index (χ1n) is 5.85. The van der Waals surface area contributed by atoms with E-state index < -0.39 is 0 Å². The van der Waals surface area contributed by atoms with Gasteiger partial charge in [-0.25, -0.2) is 9.78 Å². The van der Waals surface area contributed by atoms with E-state index in [1.165, 1.54) is 13.1 Å². The predicted molar refractivity (Wildman–Crippen MR) is 67.9 cm³/mol. The van der Waals surface area contributed by atoms with Crippen molar-refractivity contribution in [2.24, 2.45) is 0 Å². The largest absolute Gasteiger partial charge is 0.416 e. The van der Waals surface area contributed by atoms with Crippen molar-refractivity contribution in [3.05, 3.63) is 6.20 Å². The number of rotatable bonds is 2. The van der Waals surface area contributed by atoms with Crippen LogP contribution in [-0.2, 0) is 4.79 Å². The van der Waals surface area contributed by atoms with Gasteiger partial charge in [-0.05, 0) is 19.3 Å². The predicted octanol–water partition coefficient (Wildman–Crippen LogP) is 2.09. The van der Waals surface area contributed by atoms with Crippen molar-refractivity contribution in [2.75, 3.05) is 18.4 Å². The Labute approximate surface area is 109 Å². The van der Waals surface area contributed by atoms with Crippen molar-refractivity contribution < 1.29 is 14.3 Å². The maximum atomic E-state index is 11.8. The van der Waals surface area contributed by atoms with E-state index in [1.807, 2.05) is 0 Å². The summed E-state index contributed by atoms with van der Waals surface area (Å²) in [4.78, 5) is 28.3. The fourth-order valence-corrected chi connectivity index (χ4v) is 2.45. The summed E-state index contributed by atoms with van der Waals surface area (Å²) < 4.78 is 5.21. The smallest absolute Gasteiger partial charge is 0.397 e. The van der Waals surface area contributed by atoms with Crippen LogP contribution in [0.25, 0.3) is 0 Å². The number of anilines is 1. The molecule has 0 atom stereocenters. The van der Waals surface area contributed by atoms with Crippen LogP contribution < -0.4 is 10.1 Å². The van der Waals surface area contributed by atoms with Crippen molar-refractivity contribution in [1.82, 2.24) is 9.88 Å².